The molecule has 0 bridgehead atoms. The molecule has 72 valence electrons. The first kappa shape index (κ1) is 10.5. The summed E-state index contributed by atoms with van der Waals surface area (Å²) >= 11 is 0. The predicted molar refractivity (Wildman–Crippen MR) is 62.0 cm³/mol. The third-order valence-electron chi connectivity index (χ3n) is 1.89. The van der Waals surface area contributed by atoms with Gasteiger partial charge in [-0.3, -0.25) is 4.98 Å². The van der Waals surface area contributed by atoms with Crippen LogP contribution >= 0.6 is 0 Å². The van der Waals surface area contributed by atoms with Gasteiger partial charge in [0.05, 0.1) is 0 Å². The zero-order valence-electron chi connectivity index (χ0n) is 8.70. The lowest BCUT2D eigenvalue weighted by atomic mass is 10.1. The minimum atomic E-state index is 1.03. The van der Waals surface area contributed by atoms with Crippen LogP contribution in [-0.4, -0.2) is 4.98 Å². The molecule has 1 aromatic heterocycles. The summed E-state index contributed by atoms with van der Waals surface area (Å²) in [6.45, 7) is 7.68. The number of hydrogen-bond acceptors (Lipinski definition) is 1. The van der Waals surface area contributed by atoms with Gasteiger partial charge in [0.2, 0.25) is 0 Å². The van der Waals surface area contributed by atoms with Crippen LogP contribution in [0.3, 0.4) is 0 Å². The Balaban J connectivity index is 3.05. The molecular weight excluding hydrogens is 170 g/mol. The molecule has 0 aromatic carbocycles. The molecule has 0 radical (unpaired) electrons. The van der Waals surface area contributed by atoms with Gasteiger partial charge in [-0.25, -0.2) is 0 Å². The van der Waals surface area contributed by atoms with Crippen LogP contribution in [0.1, 0.15) is 18.2 Å². The van der Waals surface area contributed by atoms with Crippen molar-refractivity contribution in [2.45, 2.75) is 13.8 Å². The van der Waals surface area contributed by atoms with E-state index in [1.54, 1.807) is 6.08 Å². The molecule has 0 aliphatic heterocycles. The van der Waals surface area contributed by atoms with Crippen molar-refractivity contribution in [3.8, 4) is 0 Å². The maximum absolute atomic E-state index is 4.26. The molecule has 1 rings (SSSR count). The normalized spacial score (nSPS) is 12.0. The standard InChI is InChI=1S/C13H15N/c1-4-6-12(7-5-2)13-9-8-11(3)14-10-13/h4-10H,1H2,2-3H3/b7-5-,12-6+. The highest BCUT2D eigenvalue weighted by Gasteiger charge is 1.96. The Morgan fingerprint density at radius 1 is 1.43 bits per heavy atom. The van der Waals surface area contributed by atoms with Crippen LogP contribution in [0.25, 0.3) is 5.57 Å². The highest BCUT2D eigenvalue weighted by Crippen LogP contribution is 2.15. The lowest BCUT2D eigenvalue weighted by molar-refractivity contribution is 1.19. The van der Waals surface area contributed by atoms with Gasteiger partial charge in [0.1, 0.15) is 0 Å². The maximum Gasteiger partial charge on any atom is 0.0373 e. The average molecular weight is 185 g/mol. The molecular formula is C13H15N. The third kappa shape index (κ3) is 2.70. The van der Waals surface area contributed by atoms with E-state index in [9.17, 15) is 0 Å². The SMILES string of the molecule is C=C/C=C(\C=C/C)c1ccc(C)nc1. The molecule has 0 saturated heterocycles. The van der Waals surface area contributed by atoms with Gasteiger partial charge in [-0.15, -0.1) is 0 Å². The van der Waals surface area contributed by atoms with Crippen molar-refractivity contribution in [2.75, 3.05) is 0 Å². The predicted octanol–water partition coefficient (Wildman–Crippen LogP) is 3.54. The quantitative estimate of drug-likeness (QED) is 0.656. The van der Waals surface area contributed by atoms with E-state index in [0.717, 1.165) is 16.8 Å². The molecule has 1 heteroatoms. The minimum absolute atomic E-state index is 1.03. The van der Waals surface area contributed by atoms with Gasteiger partial charge >= 0.3 is 0 Å². The van der Waals surface area contributed by atoms with E-state index in [1.165, 1.54) is 0 Å². The molecule has 0 saturated carbocycles. The molecule has 0 unspecified atom stereocenters. The summed E-state index contributed by atoms with van der Waals surface area (Å²) in [6.07, 6.45) is 9.70. The Morgan fingerprint density at radius 2 is 2.21 bits per heavy atom. The van der Waals surface area contributed by atoms with Crippen LogP contribution in [0.15, 0.2) is 49.2 Å². The molecule has 0 fully saturated rings. The Hall–Kier alpha value is -1.63. The van der Waals surface area contributed by atoms with E-state index in [0.29, 0.717) is 0 Å². The van der Waals surface area contributed by atoms with Crippen LogP contribution in [0.2, 0.25) is 0 Å². The zero-order valence-corrected chi connectivity index (χ0v) is 8.70. The summed E-state index contributed by atoms with van der Waals surface area (Å²) in [5, 5.41) is 0. The number of aromatic nitrogens is 1. The summed E-state index contributed by atoms with van der Waals surface area (Å²) < 4.78 is 0. The molecule has 1 heterocycles. The van der Waals surface area contributed by atoms with Crippen LogP contribution in [-0.2, 0) is 0 Å². The Kier molecular flexibility index (Phi) is 3.86. The van der Waals surface area contributed by atoms with Gasteiger partial charge in [-0.2, -0.15) is 0 Å². The Bertz CT molecular complexity index is 355. The summed E-state index contributed by atoms with van der Waals surface area (Å²) in [6, 6.07) is 4.08. The third-order valence-corrected chi connectivity index (χ3v) is 1.89. The van der Waals surface area contributed by atoms with Gasteiger partial charge in [-0.05, 0) is 31.1 Å². The topological polar surface area (TPSA) is 12.9 Å². The molecule has 0 aliphatic carbocycles. The fourth-order valence-electron chi connectivity index (χ4n) is 1.19. The van der Waals surface area contributed by atoms with Crippen molar-refractivity contribution >= 4 is 5.57 Å². The fourth-order valence-corrected chi connectivity index (χ4v) is 1.19. The van der Waals surface area contributed by atoms with Gasteiger partial charge < -0.3 is 0 Å². The number of allylic oxidation sites excluding steroid dienone is 5. The van der Waals surface area contributed by atoms with E-state index in [1.807, 2.05) is 44.3 Å². The molecule has 1 aromatic rings. The summed E-state index contributed by atoms with van der Waals surface area (Å²) in [5.74, 6) is 0. The number of hydrogen-bond donors (Lipinski definition) is 0. The molecule has 1 nitrogen and oxygen atoms in total. The molecule has 0 spiro atoms. The van der Waals surface area contributed by atoms with E-state index in [4.69, 9.17) is 0 Å². The molecule has 0 atom stereocenters. The first-order valence-corrected chi connectivity index (χ1v) is 4.66. The molecule has 0 aliphatic rings. The van der Waals surface area contributed by atoms with Crippen LogP contribution in [0.4, 0.5) is 0 Å². The zero-order chi connectivity index (χ0) is 10.4. The lowest BCUT2D eigenvalue weighted by Gasteiger charge is -2.01. The van der Waals surface area contributed by atoms with Gasteiger partial charge in [-0.1, -0.05) is 36.9 Å². The fraction of sp³-hybridized carbons (Fsp3) is 0.154. The lowest BCUT2D eigenvalue weighted by Crippen LogP contribution is -1.85. The highest BCUT2D eigenvalue weighted by atomic mass is 14.7. The largest absolute Gasteiger partial charge is 0.261 e. The number of rotatable bonds is 3. The van der Waals surface area contributed by atoms with E-state index in [-0.39, 0.29) is 0 Å². The average Bonchev–Trinajstić information content (AvgIpc) is 2.19. The Morgan fingerprint density at radius 3 is 2.71 bits per heavy atom. The second kappa shape index (κ2) is 5.18. The molecule has 0 N–H and O–H groups in total. The first-order valence-electron chi connectivity index (χ1n) is 4.66. The van der Waals surface area contributed by atoms with Crippen molar-refractivity contribution in [2.24, 2.45) is 0 Å². The number of aryl methyl sites for hydroxylation is 1. The maximum atomic E-state index is 4.26. The summed E-state index contributed by atoms with van der Waals surface area (Å²) in [5.41, 5.74) is 3.29. The smallest absolute Gasteiger partial charge is 0.0373 e. The van der Waals surface area contributed by atoms with Gasteiger partial charge in [0.15, 0.2) is 0 Å². The van der Waals surface area contributed by atoms with Gasteiger partial charge in [0, 0.05) is 11.9 Å². The van der Waals surface area contributed by atoms with Crippen molar-refractivity contribution in [3.63, 3.8) is 0 Å². The molecule has 14 heavy (non-hydrogen) atoms. The van der Waals surface area contributed by atoms with E-state index >= 15 is 0 Å². The van der Waals surface area contributed by atoms with E-state index < -0.39 is 0 Å². The van der Waals surface area contributed by atoms with Crippen LogP contribution < -0.4 is 0 Å². The molecule has 0 amide bonds. The second-order valence-electron chi connectivity index (χ2n) is 3.05. The summed E-state index contributed by atoms with van der Waals surface area (Å²) in [4.78, 5) is 4.26. The van der Waals surface area contributed by atoms with Crippen molar-refractivity contribution < 1.29 is 0 Å². The van der Waals surface area contributed by atoms with Gasteiger partial charge in [0.25, 0.3) is 0 Å². The van der Waals surface area contributed by atoms with Crippen molar-refractivity contribution in [1.82, 2.24) is 4.98 Å². The summed E-state index contributed by atoms with van der Waals surface area (Å²) in [7, 11) is 0. The second-order valence-corrected chi connectivity index (χ2v) is 3.05. The van der Waals surface area contributed by atoms with Crippen LogP contribution in [0, 0.1) is 6.92 Å². The van der Waals surface area contributed by atoms with Crippen molar-refractivity contribution in [1.29, 1.82) is 0 Å². The Labute approximate surface area is 85.5 Å². The highest BCUT2D eigenvalue weighted by molar-refractivity contribution is 5.74. The van der Waals surface area contributed by atoms with Crippen molar-refractivity contribution in [3.05, 3.63) is 60.5 Å². The minimum Gasteiger partial charge on any atom is -0.261 e. The monoisotopic (exact) mass is 185 g/mol. The van der Waals surface area contributed by atoms with Crippen LogP contribution in [0.5, 0.6) is 0 Å². The number of nitrogens with zero attached hydrogens (tertiary/aromatic N) is 1. The van der Waals surface area contributed by atoms with E-state index in [2.05, 4.69) is 17.6 Å². The number of pyridine rings is 1. The first-order chi connectivity index (χ1) is 6.77.